The Morgan fingerprint density at radius 1 is 1.13 bits per heavy atom. The molecule has 1 aliphatic rings. The van der Waals surface area contributed by atoms with Gasteiger partial charge < -0.3 is 14.6 Å². The highest BCUT2D eigenvalue weighted by molar-refractivity contribution is 7.90. The Kier molecular flexibility index (Phi) is 4.60. The van der Waals surface area contributed by atoms with E-state index in [1.807, 2.05) is 0 Å². The van der Waals surface area contributed by atoms with Crippen LogP contribution in [-0.4, -0.2) is 43.1 Å². The number of benzene rings is 1. The fraction of sp³-hybridized carbons (Fsp3) is 0.286. The molecule has 0 aliphatic carbocycles. The molecule has 0 unspecified atom stereocenters. The Morgan fingerprint density at radius 3 is 2.35 bits per heavy atom. The van der Waals surface area contributed by atoms with Crippen LogP contribution in [0.5, 0.6) is 0 Å². The number of aliphatic hydroxyl groups excluding tert-OH is 1. The Bertz CT molecular complexity index is 782. The first-order valence-electron chi connectivity index (χ1n) is 6.78. The van der Waals surface area contributed by atoms with Crippen LogP contribution in [0.15, 0.2) is 34.9 Å². The summed E-state index contributed by atoms with van der Waals surface area (Å²) in [6.07, 6.45) is -1.29. The number of sulfonamides is 1. The third kappa shape index (κ3) is 2.74. The summed E-state index contributed by atoms with van der Waals surface area (Å²) in [5.41, 5.74) is -0.875. The third-order valence-corrected chi connectivity index (χ3v) is 4.71. The first kappa shape index (κ1) is 16.8. The van der Waals surface area contributed by atoms with Gasteiger partial charge in [-0.2, -0.15) is 4.31 Å². The van der Waals surface area contributed by atoms with Crippen molar-refractivity contribution >= 4 is 27.8 Å². The van der Waals surface area contributed by atoms with Gasteiger partial charge >= 0.3 is 12.1 Å². The molecule has 8 nitrogen and oxygen atoms in total. The van der Waals surface area contributed by atoms with Crippen LogP contribution in [0.4, 0.5) is 4.79 Å². The molecule has 23 heavy (non-hydrogen) atoms. The molecule has 9 heteroatoms. The molecular formula is C14H15NO7S. The van der Waals surface area contributed by atoms with Crippen molar-refractivity contribution in [2.75, 3.05) is 13.2 Å². The van der Waals surface area contributed by atoms with Gasteiger partial charge in [-0.25, -0.2) is 18.0 Å². The SMILES string of the molecule is CCOC(=O)C1=C(O)c2ccccc2S(=O)(=O)N1C(=O)OCC. The minimum atomic E-state index is -4.41. The zero-order valence-electron chi connectivity index (χ0n) is 12.5. The van der Waals surface area contributed by atoms with Crippen molar-refractivity contribution in [1.82, 2.24) is 4.31 Å². The Labute approximate surface area is 133 Å². The maximum absolute atomic E-state index is 12.7. The molecule has 0 fully saturated rings. The molecule has 0 saturated heterocycles. The highest BCUT2D eigenvalue weighted by Gasteiger charge is 2.45. The molecule has 1 heterocycles. The number of nitrogens with zero attached hydrogens (tertiary/aromatic N) is 1. The van der Waals surface area contributed by atoms with E-state index in [1.165, 1.54) is 38.1 Å². The van der Waals surface area contributed by atoms with Gasteiger partial charge in [-0.3, -0.25) is 0 Å². The van der Waals surface area contributed by atoms with E-state index >= 15 is 0 Å². The van der Waals surface area contributed by atoms with Gasteiger partial charge in [0.05, 0.1) is 18.1 Å². The van der Waals surface area contributed by atoms with Crippen molar-refractivity contribution < 1.29 is 32.6 Å². The molecule has 1 aliphatic heterocycles. The molecule has 0 aromatic heterocycles. The first-order chi connectivity index (χ1) is 10.9. The Morgan fingerprint density at radius 2 is 1.74 bits per heavy atom. The largest absolute Gasteiger partial charge is 0.505 e. The van der Waals surface area contributed by atoms with E-state index in [9.17, 15) is 23.1 Å². The number of aliphatic hydroxyl groups is 1. The maximum Gasteiger partial charge on any atom is 0.429 e. The van der Waals surface area contributed by atoms with E-state index in [0.29, 0.717) is 0 Å². The summed E-state index contributed by atoms with van der Waals surface area (Å²) in [5.74, 6) is -1.81. The number of esters is 1. The summed E-state index contributed by atoms with van der Waals surface area (Å²) >= 11 is 0. The van der Waals surface area contributed by atoms with Gasteiger partial charge in [0.15, 0.2) is 11.5 Å². The van der Waals surface area contributed by atoms with Gasteiger partial charge in [-0.15, -0.1) is 0 Å². The number of rotatable bonds is 3. The molecule has 124 valence electrons. The minimum Gasteiger partial charge on any atom is -0.505 e. The van der Waals surface area contributed by atoms with Crippen LogP contribution in [0.25, 0.3) is 5.76 Å². The molecule has 0 saturated carbocycles. The maximum atomic E-state index is 12.7. The van der Waals surface area contributed by atoms with E-state index in [-0.39, 0.29) is 28.0 Å². The van der Waals surface area contributed by atoms with Crippen LogP contribution in [0.3, 0.4) is 0 Å². The lowest BCUT2D eigenvalue weighted by atomic mass is 10.1. The third-order valence-electron chi connectivity index (χ3n) is 2.99. The van der Waals surface area contributed by atoms with Gasteiger partial charge in [0.25, 0.3) is 10.0 Å². The van der Waals surface area contributed by atoms with Crippen LogP contribution < -0.4 is 0 Å². The second-order valence-electron chi connectivity index (χ2n) is 4.38. The molecule has 0 atom stereocenters. The van der Waals surface area contributed by atoms with E-state index in [1.54, 1.807) is 0 Å². The van der Waals surface area contributed by atoms with Gasteiger partial charge in [-0.05, 0) is 26.0 Å². The first-order valence-corrected chi connectivity index (χ1v) is 8.22. The summed E-state index contributed by atoms with van der Waals surface area (Å²) in [5, 5.41) is 10.3. The monoisotopic (exact) mass is 341 g/mol. The summed E-state index contributed by atoms with van der Waals surface area (Å²) < 4.78 is 34.9. The zero-order valence-corrected chi connectivity index (χ0v) is 13.3. The number of carbonyl (C=O) groups excluding carboxylic acids is 2. The van der Waals surface area contributed by atoms with Gasteiger partial charge in [-0.1, -0.05) is 12.1 Å². The number of carbonyl (C=O) groups is 2. The fourth-order valence-electron chi connectivity index (χ4n) is 2.08. The van der Waals surface area contributed by atoms with E-state index < -0.39 is 33.5 Å². The predicted molar refractivity (Wildman–Crippen MR) is 78.7 cm³/mol. The lowest BCUT2D eigenvalue weighted by Crippen LogP contribution is -2.43. The quantitative estimate of drug-likeness (QED) is 0.832. The van der Waals surface area contributed by atoms with Gasteiger partial charge in [0.1, 0.15) is 0 Å². The summed E-state index contributed by atoms with van der Waals surface area (Å²) in [7, 11) is -4.41. The molecular weight excluding hydrogens is 326 g/mol. The van der Waals surface area contributed by atoms with Gasteiger partial charge in [0, 0.05) is 5.56 Å². The number of amides is 1. The molecule has 2 rings (SSSR count). The van der Waals surface area contributed by atoms with Crippen molar-refractivity contribution in [3.8, 4) is 0 Å². The highest BCUT2D eigenvalue weighted by atomic mass is 32.2. The van der Waals surface area contributed by atoms with E-state index in [2.05, 4.69) is 0 Å². The van der Waals surface area contributed by atoms with Crippen LogP contribution >= 0.6 is 0 Å². The van der Waals surface area contributed by atoms with Crippen LogP contribution in [-0.2, 0) is 24.3 Å². The number of fused-ring (bicyclic) bond motifs is 1. The molecule has 1 amide bonds. The second-order valence-corrected chi connectivity index (χ2v) is 6.14. The van der Waals surface area contributed by atoms with E-state index in [0.717, 1.165) is 0 Å². The minimum absolute atomic E-state index is 0.0615. The van der Waals surface area contributed by atoms with Crippen molar-refractivity contribution in [3.05, 3.63) is 35.5 Å². The van der Waals surface area contributed by atoms with Crippen molar-refractivity contribution in [1.29, 1.82) is 0 Å². The number of hydrogen-bond acceptors (Lipinski definition) is 7. The fourth-order valence-corrected chi connectivity index (χ4v) is 3.62. The molecule has 1 aromatic rings. The summed E-state index contributed by atoms with van der Waals surface area (Å²) in [6, 6.07) is 5.47. The molecule has 1 N–H and O–H groups in total. The van der Waals surface area contributed by atoms with Crippen LogP contribution in [0.2, 0.25) is 0 Å². The molecule has 0 bridgehead atoms. The normalized spacial score (nSPS) is 15.8. The molecule has 0 spiro atoms. The predicted octanol–water partition coefficient (Wildman–Crippen LogP) is 1.64. The average molecular weight is 341 g/mol. The van der Waals surface area contributed by atoms with E-state index in [4.69, 9.17) is 9.47 Å². The summed E-state index contributed by atoms with van der Waals surface area (Å²) in [4.78, 5) is 23.8. The average Bonchev–Trinajstić information content (AvgIpc) is 2.51. The standard InChI is InChI=1S/C14H15NO7S/c1-3-21-13(17)11-12(16)9-7-5-6-8-10(9)23(19,20)15(11)14(18)22-4-2/h5-8,16H,3-4H2,1-2H3. The molecule has 1 aromatic carbocycles. The van der Waals surface area contributed by atoms with Crippen LogP contribution in [0, 0.1) is 0 Å². The van der Waals surface area contributed by atoms with Crippen molar-refractivity contribution in [2.45, 2.75) is 18.7 Å². The lowest BCUT2D eigenvalue weighted by molar-refractivity contribution is -0.139. The Balaban J connectivity index is 2.75. The zero-order chi connectivity index (χ0) is 17.2. The topological polar surface area (TPSA) is 110 Å². The van der Waals surface area contributed by atoms with Crippen molar-refractivity contribution in [2.24, 2.45) is 0 Å². The number of hydrogen-bond donors (Lipinski definition) is 1. The Hall–Kier alpha value is -2.55. The van der Waals surface area contributed by atoms with Crippen molar-refractivity contribution in [3.63, 3.8) is 0 Å². The lowest BCUT2D eigenvalue weighted by Gasteiger charge is -2.28. The smallest absolute Gasteiger partial charge is 0.429 e. The molecule has 0 radical (unpaired) electrons. The highest BCUT2D eigenvalue weighted by Crippen LogP contribution is 2.36. The summed E-state index contributed by atoms with van der Waals surface area (Å²) in [6.45, 7) is 2.82. The number of ether oxygens (including phenoxy) is 2. The second kappa shape index (κ2) is 6.29. The van der Waals surface area contributed by atoms with Crippen LogP contribution in [0.1, 0.15) is 19.4 Å². The van der Waals surface area contributed by atoms with Gasteiger partial charge in [0.2, 0.25) is 0 Å².